The number of rotatable bonds is 5. The minimum Gasteiger partial charge on any atom is -0.344 e. The third-order valence-corrected chi connectivity index (χ3v) is 2.37. The van der Waals surface area contributed by atoms with Crippen LogP contribution in [0.2, 0.25) is 0 Å². The Kier molecular flexibility index (Phi) is 5.16. The van der Waals surface area contributed by atoms with Crippen LogP contribution in [0.4, 0.5) is 0 Å². The lowest BCUT2D eigenvalue weighted by Crippen LogP contribution is -2.47. The molecule has 0 bridgehead atoms. The van der Waals surface area contributed by atoms with Crippen LogP contribution in [-0.2, 0) is 16.0 Å². The van der Waals surface area contributed by atoms with Gasteiger partial charge >= 0.3 is 0 Å². The van der Waals surface area contributed by atoms with E-state index < -0.39 is 11.9 Å². The highest BCUT2D eigenvalue weighted by Gasteiger charge is 2.19. The Morgan fingerprint density at radius 1 is 1.29 bits per heavy atom. The quantitative estimate of drug-likeness (QED) is 0.518. The predicted molar refractivity (Wildman–Crippen MR) is 62.3 cm³/mol. The summed E-state index contributed by atoms with van der Waals surface area (Å²) < 4.78 is 0. The fraction of sp³-hybridized carbons (Fsp3) is 0.333. The van der Waals surface area contributed by atoms with Gasteiger partial charge in [0.05, 0.1) is 0 Å². The molecule has 0 saturated heterocycles. The predicted octanol–water partition coefficient (Wildman–Crippen LogP) is 0.629. The van der Waals surface area contributed by atoms with E-state index in [1.165, 1.54) is 0 Å². The van der Waals surface area contributed by atoms with E-state index in [1.807, 2.05) is 30.3 Å². The van der Waals surface area contributed by atoms with Gasteiger partial charge in [0.2, 0.25) is 5.91 Å². The topological polar surface area (TPSA) is 78.4 Å². The van der Waals surface area contributed by atoms with Gasteiger partial charge in [-0.05, 0) is 5.56 Å². The van der Waals surface area contributed by atoms with E-state index in [4.69, 9.17) is 5.21 Å². The first-order chi connectivity index (χ1) is 8.17. The molecule has 0 aromatic heterocycles. The van der Waals surface area contributed by atoms with E-state index in [0.29, 0.717) is 12.8 Å². The molecule has 1 unspecified atom stereocenters. The van der Waals surface area contributed by atoms with Crippen LogP contribution in [0.1, 0.15) is 18.9 Å². The van der Waals surface area contributed by atoms with Gasteiger partial charge in [-0.25, -0.2) is 5.48 Å². The zero-order valence-corrected chi connectivity index (χ0v) is 9.64. The van der Waals surface area contributed by atoms with Crippen LogP contribution in [0, 0.1) is 0 Å². The van der Waals surface area contributed by atoms with Gasteiger partial charge in [-0.3, -0.25) is 14.8 Å². The fourth-order valence-corrected chi connectivity index (χ4v) is 1.43. The van der Waals surface area contributed by atoms with Gasteiger partial charge in [-0.15, -0.1) is 0 Å². The first-order valence-electron chi connectivity index (χ1n) is 5.44. The molecule has 92 valence electrons. The molecule has 1 rings (SSSR count). The molecule has 0 aliphatic carbocycles. The van der Waals surface area contributed by atoms with Gasteiger partial charge in [-0.1, -0.05) is 37.3 Å². The van der Waals surface area contributed by atoms with Gasteiger partial charge in [0.15, 0.2) is 0 Å². The number of amides is 2. The van der Waals surface area contributed by atoms with Crippen molar-refractivity contribution >= 4 is 11.8 Å². The number of hydroxylamine groups is 1. The van der Waals surface area contributed by atoms with E-state index >= 15 is 0 Å². The summed E-state index contributed by atoms with van der Waals surface area (Å²) in [6.45, 7) is 1.70. The summed E-state index contributed by atoms with van der Waals surface area (Å²) in [5.74, 6) is -0.842. The third-order valence-electron chi connectivity index (χ3n) is 2.37. The number of carbonyl (C=O) groups is 2. The summed E-state index contributed by atoms with van der Waals surface area (Å²) in [6, 6.07) is 8.53. The van der Waals surface area contributed by atoms with Crippen LogP contribution in [0.15, 0.2) is 30.3 Å². The SMILES string of the molecule is CCC(=O)NC(Cc1ccccc1)C(=O)NO. The summed E-state index contributed by atoms with van der Waals surface area (Å²) in [5.41, 5.74) is 2.48. The van der Waals surface area contributed by atoms with E-state index in [1.54, 1.807) is 12.4 Å². The standard InChI is InChI=1S/C12H16N2O3/c1-2-11(15)13-10(12(16)14-17)8-9-6-4-3-5-7-9/h3-7,10,17H,2,8H2,1H3,(H,13,15)(H,14,16). The highest BCUT2D eigenvalue weighted by molar-refractivity contribution is 5.87. The lowest BCUT2D eigenvalue weighted by atomic mass is 10.1. The molecule has 1 aromatic carbocycles. The second-order valence-corrected chi connectivity index (χ2v) is 3.64. The van der Waals surface area contributed by atoms with Crippen LogP contribution in [-0.4, -0.2) is 23.1 Å². The van der Waals surface area contributed by atoms with Gasteiger partial charge < -0.3 is 5.32 Å². The maximum absolute atomic E-state index is 11.4. The molecule has 5 nitrogen and oxygen atoms in total. The average molecular weight is 236 g/mol. The third kappa shape index (κ3) is 4.24. The largest absolute Gasteiger partial charge is 0.344 e. The normalized spacial score (nSPS) is 11.6. The maximum atomic E-state index is 11.4. The second kappa shape index (κ2) is 6.65. The van der Waals surface area contributed by atoms with E-state index in [9.17, 15) is 9.59 Å². The Bertz CT molecular complexity index is 379. The second-order valence-electron chi connectivity index (χ2n) is 3.64. The molecular formula is C12H16N2O3. The lowest BCUT2D eigenvalue weighted by molar-refractivity contribution is -0.134. The molecule has 2 amide bonds. The highest BCUT2D eigenvalue weighted by Crippen LogP contribution is 2.03. The summed E-state index contributed by atoms with van der Waals surface area (Å²) in [6.07, 6.45) is 0.642. The van der Waals surface area contributed by atoms with Gasteiger partial charge in [0.1, 0.15) is 6.04 Å². The number of carbonyl (C=O) groups excluding carboxylic acids is 2. The minimum absolute atomic E-state index is 0.227. The van der Waals surface area contributed by atoms with Crippen molar-refractivity contribution in [3.05, 3.63) is 35.9 Å². The van der Waals surface area contributed by atoms with Crippen molar-refractivity contribution in [1.29, 1.82) is 0 Å². The van der Waals surface area contributed by atoms with Crippen molar-refractivity contribution in [3.63, 3.8) is 0 Å². The molecule has 0 radical (unpaired) electrons. The highest BCUT2D eigenvalue weighted by atomic mass is 16.5. The van der Waals surface area contributed by atoms with Crippen molar-refractivity contribution < 1.29 is 14.8 Å². The Balaban J connectivity index is 2.70. The van der Waals surface area contributed by atoms with Crippen molar-refractivity contribution in [3.8, 4) is 0 Å². The average Bonchev–Trinajstić information content (AvgIpc) is 2.38. The Morgan fingerprint density at radius 3 is 2.47 bits per heavy atom. The Hall–Kier alpha value is -1.88. The van der Waals surface area contributed by atoms with E-state index in [0.717, 1.165) is 5.56 Å². The van der Waals surface area contributed by atoms with Gasteiger partial charge in [0.25, 0.3) is 5.91 Å². The number of benzene rings is 1. The summed E-state index contributed by atoms with van der Waals surface area (Å²) >= 11 is 0. The molecule has 0 spiro atoms. The van der Waals surface area contributed by atoms with Crippen LogP contribution >= 0.6 is 0 Å². The monoisotopic (exact) mass is 236 g/mol. The van der Waals surface area contributed by atoms with Crippen molar-refractivity contribution in [1.82, 2.24) is 10.8 Å². The maximum Gasteiger partial charge on any atom is 0.266 e. The molecule has 1 atom stereocenters. The molecule has 0 heterocycles. The molecule has 1 aromatic rings. The zero-order valence-electron chi connectivity index (χ0n) is 9.64. The minimum atomic E-state index is -0.755. The van der Waals surface area contributed by atoms with Crippen molar-refractivity contribution in [2.75, 3.05) is 0 Å². The smallest absolute Gasteiger partial charge is 0.266 e. The van der Waals surface area contributed by atoms with Crippen LogP contribution in [0.25, 0.3) is 0 Å². The molecule has 5 heteroatoms. The molecule has 0 aliphatic heterocycles. The van der Waals surface area contributed by atoms with Crippen LogP contribution in [0.5, 0.6) is 0 Å². The number of nitrogens with one attached hydrogen (secondary N) is 2. The lowest BCUT2D eigenvalue weighted by Gasteiger charge is -2.16. The molecular weight excluding hydrogens is 220 g/mol. The van der Waals surface area contributed by atoms with Crippen LogP contribution in [0.3, 0.4) is 0 Å². The molecule has 17 heavy (non-hydrogen) atoms. The first-order valence-corrected chi connectivity index (χ1v) is 5.44. The fourth-order valence-electron chi connectivity index (χ4n) is 1.43. The van der Waals surface area contributed by atoms with Gasteiger partial charge in [-0.2, -0.15) is 0 Å². The molecule has 0 aliphatic rings. The Morgan fingerprint density at radius 2 is 1.94 bits per heavy atom. The van der Waals surface area contributed by atoms with Gasteiger partial charge in [0, 0.05) is 12.8 Å². The summed E-state index contributed by atoms with van der Waals surface area (Å²) in [4.78, 5) is 22.7. The molecule has 3 N–H and O–H groups in total. The van der Waals surface area contributed by atoms with E-state index in [-0.39, 0.29) is 5.91 Å². The Labute approximate surface area is 99.8 Å². The summed E-state index contributed by atoms with van der Waals surface area (Å²) in [7, 11) is 0. The summed E-state index contributed by atoms with van der Waals surface area (Å²) in [5, 5.41) is 11.2. The molecule has 0 saturated carbocycles. The van der Waals surface area contributed by atoms with Crippen molar-refractivity contribution in [2.45, 2.75) is 25.8 Å². The van der Waals surface area contributed by atoms with E-state index in [2.05, 4.69) is 5.32 Å². The first kappa shape index (κ1) is 13.2. The molecule has 0 fully saturated rings. The zero-order chi connectivity index (χ0) is 12.7. The van der Waals surface area contributed by atoms with Crippen LogP contribution < -0.4 is 10.8 Å². The van der Waals surface area contributed by atoms with Crippen molar-refractivity contribution in [2.24, 2.45) is 0 Å². The number of hydrogen-bond acceptors (Lipinski definition) is 3. The number of hydrogen-bond donors (Lipinski definition) is 3.